The molecule has 2 N–H and O–H groups in total. The molecule has 0 aliphatic heterocycles. The summed E-state index contributed by atoms with van der Waals surface area (Å²) in [7, 11) is 0. The largest absolute Gasteiger partial charge is 0.366 e. The van der Waals surface area contributed by atoms with E-state index in [2.05, 4.69) is 0 Å². The first-order valence-corrected chi connectivity index (χ1v) is 3.59. The SMILES string of the molecule is N#Cc1c(C(N)=O)ccc(C=O)c1F. The fourth-order valence-corrected chi connectivity index (χ4v) is 0.998. The van der Waals surface area contributed by atoms with Crippen molar-refractivity contribution in [3.63, 3.8) is 0 Å². The van der Waals surface area contributed by atoms with Crippen LogP contribution < -0.4 is 5.73 Å². The smallest absolute Gasteiger partial charge is 0.250 e. The van der Waals surface area contributed by atoms with Gasteiger partial charge in [0, 0.05) is 0 Å². The molecule has 70 valence electrons. The molecule has 0 saturated heterocycles. The Morgan fingerprint density at radius 1 is 1.57 bits per heavy atom. The van der Waals surface area contributed by atoms with E-state index in [0.29, 0.717) is 0 Å². The van der Waals surface area contributed by atoms with E-state index in [9.17, 15) is 14.0 Å². The molecular weight excluding hydrogens is 187 g/mol. The van der Waals surface area contributed by atoms with Crippen molar-refractivity contribution in [3.05, 3.63) is 34.6 Å². The van der Waals surface area contributed by atoms with Gasteiger partial charge in [0.2, 0.25) is 5.91 Å². The zero-order chi connectivity index (χ0) is 10.7. The molecule has 4 nitrogen and oxygen atoms in total. The van der Waals surface area contributed by atoms with Gasteiger partial charge in [-0.25, -0.2) is 4.39 Å². The molecular formula is C9H5FN2O2. The Morgan fingerprint density at radius 2 is 2.21 bits per heavy atom. The molecule has 0 radical (unpaired) electrons. The minimum Gasteiger partial charge on any atom is -0.366 e. The lowest BCUT2D eigenvalue weighted by molar-refractivity contribution is 0.0998. The van der Waals surface area contributed by atoms with Gasteiger partial charge in [-0.15, -0.1) is 0 Å². The fraction of sp³-hybridized carbons (Fsp3) is 0. The van der Waals surface area contributed by atoms with E-state index in [4.69, 9.17) is 11.0 Å². The van der Waals surface area contributed by atoms with E-state index >= 15 is 0 Å². The summed E-state index contributed by atoms with van der Waals surface area (Å²) < 4.78 is 13.2. The zero-order valence-electron chi connectivity index (χ0n) is 6.95. The number of primary amides is 1. The Labute approximate surface area is 78.7 Å². The molecule has 0 aromatic heterocycles. The summed E-state index contributed by atoms with van der Waals surface area (Å²) in [6.07, 6.45) is 0.265. The first-order valence-electron chi connectivity index (χ1n) is 3.59. The van der Waals surface area contributed by atoms with Crippen molar-refractivity contribution >= 4 is 12.2 Å². The predicted octanol–water partition coefficient (Wildman–Crippen LogP) is 0.609. The van der Waals surface area contributed by atoms with E-state index in [1.165, 1.54) is 6.07 Å². The Balaban J connectivity index is 3.53. The van der Waals surface area contributed by atoms with E-state index in [0.717, 1.165) is 12.1 Å². The van der Waals surface area contributed by atoms with Gasteiger partial charge in [-0.2, -0.15) is 5.26 Å². The standard InChI is InChI=1S/C9H5FN2O2/c10-8-5(4-13)1-2-6(9(12)14)7(8)3-11/h1-2,4H,(H2,12,14). The van der Waals surface area contributed by atoms with Crippen LogP contribution in [0.2, 0.25) is 0 Å². The summed E-state index contributed by atoms with van der Waals surface area (Å²) >= 11 is 0. The highest BCUT2D eigenvalue weighted by Crippen LogP contribution is 2.15. The number of halogens is 1. The normalized spacial score (nSPS) is 9.14. The quantitative estimate of drug-likeness (QED) is 0.696. The van der Waals surface area contributed by atoms with Gasteiger partial charge in [-0.05, 0) is 12.1 Å². The van der Waals surface area contributed by atoms with Crippen molar-refractivity contribution in [1.29, 1.82) is 5.26 Å². The number of amides is 1. The van der Waals surface area contributed by atoms with Gasteiger partial charge in [0.05, 0.1) is 11.1 Å². The van der Waals surface area contributed by atoms with E-state index in [-0.39, 0.29) is 17.4 Å². The highest BCUT2D eigenvalue weighted by atomic mass is 19.1. The third-order valence-electron chi connectivity index (χ3n) is 1.68. The summed E-state index contributed by atoms with van der Waals surface area (Å²) in [6, 6.07) is 3.73. The minimum absolute atomic E-state index is 0.226. The number of rotatable bonds is 2. The predicted molar refractivity (Wildman–Crippen MR) is 45.0 cm³/mol. The molecule has 0 aliphatic rings. The number of hydrogen-bond donors (Lipinski definition) is 1. The molecule has 0 heterocycles. The van der Waals surface area contributed by atoms with Crippen molar-refractivity contribution in [2.75, 3.05) is 0 Å². The molecule has 5 heteroatoms. The number of benzene rings is 1. The second-order valence-corrected chi connectivity index (χ2v) is 2.49. The number of nitriles is 1. The monoisotopic (exact) mass is 192 g/mol. The van der Waals surface area contributed by atoms with Gasteiger partial charge in [0.1, 0.15) is 11.6 Å². The van der Waals surface area contributed by atoms with Gasteiger partial charge in [-0.1, -0.05) is 0 Å². The van der Waals surface area contributed by atoms with Crippen LogP contribution in [0.3, 0.4) is 0 Å². The van der Waals surface area contributed by atoms with Gasteiger partial charge in [-0.3, -0.25) is 9.59 Å². The summed E-state index contributed by atoms with van der Waals surface area (Å²) in [5, 5.41) is 8.55. The molecule has 0 bridgehead atoms. The van der Waals surface area contributed by atoms with Crippen LogP contribution in [0.4, 0.5) is 4.39 Å². The second kappa shape index (κ2) is 3.66. The zero-order valence-corrected chi connectivity index (χ0v) is 6.95. The lowest BCUT2D eigenvalue weighted by atomic mass is 10.0. The Hall–Kier alpha value is -2.22. The molecule has 14 heavy (non-hydrogen) atoms. The molecule has 0 unspecified atom stereocenters. The van der Waals surface area contributed by atoms with Crippen LogP contribution in [0.1, 0.15) is 26.3 Å². The van der Waals surface area contributed by atoms with Gasteiger partial charge in [0.25, 0.3) is 0 Å². The number of nitrogens with two attached hydrogens (primary N) is 1. The van der Waals surface area contributed by atoms with Crippen LogP contribution in [-0.2, 0) is 0 Å². The Morgan fingerprint density at radius 3 is 2.64 bits per heavy atom. The third-order valence-corrected chi connectivity index (χ3v) is 1.68. The number of aldehydes is 1. The average Bonchev–Trinajstić information content (AvgIpc) is 2.17. The molecule has 1 aromatic carbocycles. The molecule has 1 aromatic rings. The van der Waals surface area contributed by atoms with E-state index in [1.807, 2.05) is 0 Å². The number of nitrogens with zero attached hydrogens (tertiary/aromatic N) is 1. The van der Waals surface area contributed by atoms with Crippen LogP contribution in [0, 0.1) is 17.1 Å². The Kier molecular flexibility index (Phi) is 2.58. The van der Waals surface area contributed by atoms with Crippen molar-refractivity contribution in [3.8, 4) is 6.07 Å². The highest BCUT2D eigenvalue weighted by molar-refractivity contribution is 5.96. The summed E-state index contributed by atoms with van der Waals surface area (Å²) in [4.78, 5) is 21.1. The second-order valence-electron chi connectivity index (χ2n) is 2.49. The number of hydrogen-bond acceptors (Lipinski definition) is 3. The molecule has 1 rings (SSSR count). The van der Waals surface area contributed by atoms with Crippen molar-refractivity contribution in [2.24, 2.45) is 5.73 Å². The summed E-state index contributed by atoms with van der Waals surface area (Å²) in [6.45, 7) is 0. The first kappa shape index (κ1) is 9.86. The van der Waals surface area contributed by atoms with Crippen molar-refractivity contribution < 1.29 is 14.0 Å². The van der Waals surface area contributed by atoms with Crippen LogP contribution in [0.25, 0.3) is 0 Å². The molecule has 0 saturated carbocycles. The van der Waals surface area contributed by atoms with Crippen LogP contribution in [-0.4, -0.2) is 12.2 Å². The van der Waals surface area contributed by atoms with Crippen LogP contribution >= 0.6 is 0 Å². The number of carbonyl (C=O) groups excluding carboxylic acids is 2. The lowest BCUT2D eigenvalue weighted by Gasteiger charge is -2.01. The molecule has 0 atom stereocenters. The third kappa shape index (κ3) is 1.45. The van der Waals surface area contributed by atoms with Crippen LogP contribution in [0.5, 0.6) is 0 Å². The van der Waals surface area contributed by atoms with Crippen molar-refractivity contribution in [2.45, 2.75) is 0 Å². The summed E-state index contributed by atoms with van der Waals surface area (Å²) in [5.74, 6) is -1.92. The van der Waals surface area contributed by atoms with Crippen molar-refractivity contribution in [1.82, 2.24) is 0 Å². The Bertz CT molecular complexity index is 449. The minimum atomic E-state index is -1.01. The fourth-order valence-electron chi connectivity index (χ4n) is 0.998. The lowest BCUT2D eigenvalue weighted by Crippen LogP contribution is -2.14. The summed E-state index contributed by atoms with van der Waals surface area (Å²) in [5.41, 5.74) is 3.91. The van der Waals surface area contributed by atoms with Crippen LogP contribution in [0.15, 0.2) is 12.1 Å². The number of carbonyl (C=O) groups is 2. The van der Waals surface area contributed by atoms with E-state index < -0.39 is 17.3 Å². The van der Waals surface area contributed by atoms with Gasteiger partial charge >= 0.3 is 0 Å². The van der Waals surface area contributed by atoms with E-state index in [1.54, 1.807) is 0 Å². The maximum absolute atomic E-state index is 13.2. The first-order chi connectivity index (χ1) is 6.61. The molecule has 0 spiro atoms. The molecule has 0 aliphatic carbocycles. The van der Waals surface area contributed by atoms with Gasteiger partial charge in [0.15, 0.2) is 12.1 Å². The molecule has 0 fully saturated rings. The van der Waals surface area contributed by atoms with Gasteiger partial charge < -0.3 is 5.73 Å². The maximum Gasteiger partial charge on any atom is 0.250 e. The molecule has 1 amide bonds. The topological polar surface area (TPSA) is 83.9 Å². The average molecular weight is 192 g/mol. The maximum atomic E-state index is 13.2. The highest BCUT2D eigenvalue weighted by Gasteiger charge is 2.15.